The molecule has 26 heavy (non-hydrogen) atoms. The van der Waals surface area contributed by atoms with Gasteiger partial charge in [0.1, 0.15) is 17.4 Å². The van der Waals surface area contributed by atoms with Gasteiger partial charge in [0.25, 0.3) is 0 Å². The molecule has 0 fully saturated rings. The fourth-order valence-electron chi connectivity index (χ4n) is 2.51. The molecular formula is C21H19NO3S. The van der Waals surface area contributed by atoms with Gasteiger partial charge in [-0.3, -0.25) is 4.79 Å². The van der Waals surface area contributed by atoms with Gasteiger partial charge in [0.2, 0.25) is 0 Å². The third-order valence-electron chi connectivity index (χ3n) is 3.77. The highest BCUT2D eigenvalue weighted by Crippen LogP contribution is 2.31. The number of fused-ring (bicyclic) bond motifs is 1. The molecule has 5 heteroatoms. The number of nitrogens with zero attached hydrogens (tertiary/aromatic N) is 1. The molecule has 1 aromatic heterocycles. The Morgan fingerprint density at radius 1 is 1.15 bits per heavy atom. The number of benzene rings is 2. The number of ether oxygens (including phenoxy) is 1. The summed E-state index contributed by atoms with van der Waals surface area (Å²) in [5.41, 5.74) is 2.84. The summed E-state index contributed by atoms with van der Waals surface area (Å²) in [5.74, 6) is -0.0423. The second-order valence-corrected chi connectivity index (χ2v) is 6.75. The summed E-state index contributed by atoms with van der Waals surface area (Å²) < 4.78 is 6.59. The van der Waals surface area contributed by atoms with Gasteiger partial charge >= 0.3 is 5.97 Å². The van der Waals surface area contributed by atoms with E-state index in [-0.39, 0.29) is 6.42 Å². The minimum absolute atomic E-state index is 0.0717. The Kier molecular flexibility index (Phi) is 5.81. The van der Waals surface area contributed by atoms with Gasteiger partial charge in [0.05, 0.1) is 10.2 Å². The molecule has 132 valence electrons. The van der Waals surface area contributed by atoms with Crippen LogP contribution in [-0.2, 0) is 4.79 Å². The number of allylic oxidation sites excluding steroid dienone is 1. The third kappa shape index (κ3) is 4.58. The molecule has 3 aromatic rings. The fraction of sp³-hybridized carbons (Fsp3) is 0.143. The number of para-hydroxylation sites is 1. The van der Waals surface area contributed by atoms with E-state index in [2.05, 4.69) is 11.6 Å². The quantitative estimate of drug-likeness (QED) is 0.553. The summed E-state index contributed by atoms with van der Waals surface area (Å²) in [4.78, 5) is 15.7. The van der Waals surface area contributed by atoms with Gasteiger partial charge in [-0.2, -0.15) is 0 Å². The number of rotatable bonds is 8. The number of hydrogen-bond acceptors (Lipinski definition) is 4. The Morgan fingerprint density at radius 3 is 2.62 bits per heavy atom. The zero-order valence-corrected chi connectivity index (χ0v) is 15.0. The average Bonchev–Trinajstić information content (AvgIpc) is 3.08. The molecule has 1 N–H and O–H groups in total. The molecule has 0 aliphatic carbocycles. The van der Waals surface area contributed by atoms with Gasteiger partial charge < -0.3 is 9.84 Å². The maximum absolute atomic E-state index is 11.0. The van der Waals surface area contributed by atoms with Gasteiger partial charge in [-0.1, -0.05) is 36.9 Å². The normalized spacial score (nSPS) is 11.5. The summed E-state index contributed by atoms with van der Waals surface area (Å²) in [7, 11) is 0. The zero-order chi connectivity index (χ0) is 18.4. The van der Waals surface area contributed by atoms with E-state index in [1.165, 1.54) is 0 Å². The number of carboxylic acids is 1. The van der Waals surface area contributed by atoms with Gasteiger partial charge in [0.15, 0.2) is 0 Å². The van der Waals surface area contributed by atoms with Crippen LogP contribution in [0.25, 0.3) is 21.9 Å². The van der Waals surface area contributed by atoms with Crippen molar-refractivity contribution in [3.63, 3.8) is 0 Å². The van der Waals surface area contributed by atoms with Crippen molar-refractivity contribution in [1.29, 1.82) is 0 Å². The van der Waals surface area contributed by atoms with E-state index in [1.807, 2.05) is 54.6 Å². The maximum atomic E-state index is 11.0. The van der Waals surface area contributed by atoms with Crippen LogP contribution < -0.4 is 4.74 Å². The van der Waals surface area contributed by atoms with Crippen LogP contribution in [0.1, 0.15) is 23.4 Å². The molecule has 0 aliphatic heterocycles. The molecule has 0 radical (unpaired) electrons. The molecule has 0 amide bonds. The maximum Gasteiger partial charge on any atom is 0.303 e. The van der Waals surface area contributed by atoms with Gasteiger partial charge in [-0.25, -0.2) is 4.98 Å². The van der Waals surface area contributed by atoms with Crippen molar-refractivity contribution in [2.75, 3.05) is 6.61 Å². The lowest BCUT2D eigenvalue weighted by Crippen LogP contribution is -1.95. The first kappa shape index (κ1) is 17.9. The first-order valence-corrected chi connectivity index (χ1v) is 9.09. The molecule has 0 unspecified atom stereocenters. The van der Waals surface area contributed by atoms with Crippen molar-refractivity contribution < 1.29 is 14.6 Å². The van der Waals surface area contributed by atoms with Crippen molar-refractivity contribution in [2.24, 2.45) is 0 Å². The van der Waals surface area contributed by atoms with E-state index in [1.54, 1.807) is 17.4 Å². The van der Waals surface area contributed by atoms with Crippen LogP contribution >= 0.6 is 11.3 Å². The van der Waals surface area contributed by atoms with Crippen LogP contribution in [0.15, 0.2) is 61.2 Å². The highest BCUT2D eigenvalue weighted by molar-refractivity contribution is 7.19. The summed E-state index contributed by atoms with van der Waals surface area (Å²) in [6.07, 6.45) is 4.20. The molecule has 0 saturated carbocycles. The Bertz CT molecular complexity index is 908. The lowest BCUT2D eigenvalue weighted by atomic mass is 10.1. The molecule has 2 aromatic carbocycles. The predicted octanol–water partition coefficient (Wildman–Crippen LogP) is 5.27. The van der Waals surface area contributed by atoms with Crippen molar-refractivity contribution >= 4 is 39.2 Å². The molecule has 3 rings (SSSR count). The number of carboxylic acid groups (broad SMARTS) is 1. The predicted molar refractivity (Wildman–Crippen MR) is 106 cm³/mol. The number of carbonyl (C=O) groups is 1. The van der Waals surface area contributed by atoms with E-state index in [0.29, 0.717) is 13.0 Å². The highest BCUT2D eigenvalue weighted by Gasteiger charge is 2.11. The summed E-state index contributed by atoms with van der Waals surface area (Å²) in [6, 6.07) is 15.6. The van der Waals surface area contributed by atoms with E-state index in [4.69, 9.17) is 9.84 Å². The Labute approximate surface area is 156 Å². The largest absolute Gasteiger partial charge is 0.490 e. The van der Waals surface area contributed by atoms with Crippen molar-refractivity contribution in [3.8, 4) is 5.75 Å². The molecular weight excluding hydrogens is 346 g/mol. The first-order valence-electron chi connectivity index (χ1n) is 8.28. The van der Waals surface area contributed by atoms with Crippen LogP contribution in [0.5, 0.6) is 5.75 Å². The smallest absolute Gasteiger partial charge is 0.303 e. The second kappa shape index (κ2) is 8.45. The van der Waals surface area contributed by atoms with Crippen LogP contribution in [0, 0.1) is 0 Å². The van der Waals surface area contributed by atoms with Gasteiger partial charge in [-0.05, 0) is 47.9 Å². The van der Waals surface area contributed by atoms with Crippen LogP contribution in [0.4, 0.5) is 0 Å². The minimum atomic E-state index is -0.815. The van der Waals surface area contributed by atoms with E-state index in [9.17, 15) is 4.79 Å². The van der Waals surface area contributed by atoms with Crippen LogP contribution in [0.3, 0.4) is 0 Å². The fourth-order valence-corrected chi connectivity index (χ4v) is 3.52. The first-order chi connectivity index (χ1) is 12.7. The Morgan fingerprint density at radius 2 is 1.92 bits per heavy atom. The number of aliphatic carboxylic acids is 1. The number of hydrogen-bond donors (Lipinski definition) is 1. The van der Waals surface area contributed by atoms with Gasteiger partial charge in [0, 0.05) is 6.42 Å². The van der Waals surface area contributed by atoms with Crippen LogP contribution in [0.2, 0.25) is 0 Å². The molecule has 0 atom stereocenters. The van der Waals surface area contributed by atoms with Crippen LogP contribution in [-0.4, -0.2) is 22.7 Å². The molecule has 1 heterocycles. The molecule has 4 nitrogen and oxygen atoms in total. The van der Waals surface area contributed by atoms with Crippen molar-refractivity contribution in [1.82, 2.24) is 4.98 Å². The number of aromatic nitrogens is 1. The standard InChI is InChI=1S/C21H19NO3S/c1-2-13-25-17-10-7-15(8-11-17)14-16(9-12-20(23)24)21-22-18-5-3-4-6-19(18)26-21/h2-8,10-11,14H,1,9,12-13H2,(H,23,24)/b16-14+. The van der Waals surface area contributed by atoms with E-state index < -0.39 is 5.97 Å². The lowest BCUT2D eigenvalue weighted by Gasteiger charge is -2.05. The SMILES string of the molecule is C=CCOc1ccc(/C=C(\CCC(=O)O)c2nc3ccccc3s2)cc1. The lowest BCUT2D eigenvalue weighted by molar-refractivity contribution is -0.136. The molecule has 0 spiro atoms. The Balaban J connectivity index is 1.90. The summed E-state index contributed by atoms with van der Waals surface area (Å²) >= 11 is 1.58. The Hall–Kier alpha value is -2.92. The third-order valence-corrected chi connectivity index (χ3v) is 4.88. The topological polar surface area (TPSA) is 59.4 Å². The van der Waals surface area contributed by atoms with E-state index in [0.717, 1.165) is 32.1 Å². The summed E-state index contributed by atoms with van der Waals surface area (Å²) in [6.45, 7) is 4.09. The average molecular weight is 365 g/mol. The van der Waals surface area contributed by atoms with Crippen molar-refractivity contribution in [2.45, 2.75) is 12.8 Å². The number of thiazole rings is 1. The van der Waals surface area contributed by atoms with E-state index >= 15 is 0 Å². The molecule has 0 aliphatic rings. The molecule has 0 bridgehead atoms. The molecule has 0 saturated heterocycles. The van der Waals surface area contributed by atoms with Gasteiger partial charge in [-0.15, -0.1) is 11.3 Å². The minimum Gasteiger partial charge on any atom is -0.490 e. The second-order valence-electron chi connectivity index (χ2n) is 5.72. The summed E-state index contributed by atoms with van der Waals surface area (Å²) in [5, 5.41) is 9.93. The zero-order valence-electron chi connectivity index (χ0n) is 14.2. The monoisotopic (exact) mass is 365 g/mol. The van der Waals surface area contributed by atoms with Crippen molar-refractivity contribution in [3.05, 3.63) is 71.8 Å². The highest BCUT2D eigenvalue weighted by atomic mass is 32.1.